The molecule has 5 heteroatoms. The highest BCUT2D eigenvalue weighted by Crippen LogP contribution is 2.10. The van der Waals surface area contributed by atoms with Crippen molar-refractivity contribution in [3.8, 4) is 11.8 Å². The number of nitrogens with one attached hydrogen (secondary N) is 1. The van der Waals surface area contributed by atoms with Gasteiger partial charge in [-0.25, -0.2) is 0 Å². The third kappa shape index (κ3) is 4.45. The predicted molar refractivity (Wildman–Crippen MR) is 69.5 cm³/mol. The first-order valence-electron chi connectivity index (χ1n) is 5.64. The molecule has 1 rings (SSSR count). The zero-order valence-electron chi connectivity index (χ0n) is 10.8. The fourth-order valence-electron chi connectivity index (χ4n) is 1.41. The molecule has 0 atom stereocenters. The van der Waals surface area contributed by atoms with Gasteiger partial charge >= 0.3 is 5.97 Å². The Morgan fingerprint density at radius 1 is 1.42 bits per heavy atom. The third-order valence-electron chi connectivity index (χ3n) is 2.34. The molecule has 0 unspecified atom stereocenters. The van der Waals surface area contributed by atoms with E-state index in [1.54, 1.807) is 18.2 Å². The number of aliphatic hydroxyl groups excluding tert-OH is 1. The van der Waals surface area contributed by atoms with Crippen LogP contribution in [0.4, 0.5) is 0 Å². The fraction of sp³-hybridized carbons (Fsp3) is 0.286. The van der Waals surface area contributed by atoms with Gasteiger partial charge in [0.1, 0.15) is 13.2 Å². The third-order valence-corrected chi connectivity index (χ3v) is 2.34. The summed E-state index contributed by atoms with van der Waals surface area (Å²) in [6, 6.07) is 5.15. The van der Waals surface area contributed by atoms with Crippen LogP contribution < -0.4 is 5.32 Å². The number of benzene rings is 1. The monoisotopic (exact) mass is 261 g/mol. The van der Waals surface area contributed by atoms with Crippen molar-refractivity contribution in [2.45, 2.75) is 6.92 Å². The first-order valence-corrected chi connectivity index (χ1v) is 5.64. The summed E-state index contributed by atoms with van der Waals surface area (Å²) in [7, 11) is 1.25. The van der Waals surface area contributed by atoms with Crippen molar-refractivity contribution in [3.63, 3.8) is 0 Å². The van der Waals surface area contributed by atoms with E-state index in [2.05, 4.69) is 21.9 Å². The van der Waals surface area contributed by atoms with Crippen LogP contribution >= 0.6 is 0 Å². The zero-order chi connectivity index (χ0) is 14.3. The lowest BCUT2D eigenvalue weighted by atomic mass is 10.0. The van der Waals surface area contributed by atoms with Crippen LogP contribution in [0.3, 0.4) is 0 Å². The van der Waals surface area contributed by atoms with E-state index >= 15 is 0 Å². The number of amides is 1. The Hall–Kier alpha value is -2.32. The minimum Gasteiger partial charge on any atom is -0.468 e. The van der Waals surface area contributed by atoms with Gasteiger partial charge in [0.25, 0.3) is 5.91 Å². The second-order valence-corrected chi connectivity index (χ2v) is 3.77. The van der Waals surface area contributed by atoms with Gasteiger partial charge in [-0.2, -0.15) is 0 Å². The Bertz CT molecular complexity index is 540. The van der Waals surface area contributed by atoms with Crippen molar-refractivity contribution < 1.29 is 19.4 Å². The molecule has 1 amide bonds. The number of ether oxygens (including phenoxy) is 1. The van der Waals surface area contributed by atoms with Gasteiger partial charge in [-0.05, 0) is 24.6 Å². The Morgan fingerprint density at radius 3 is 2.79 bits per heavy atom. The maximum absolute atomic E-state index is 11.9. The van der Waals surface area contributed by atoms with Crippen molar-refractivity contribution in [2.75, 3.05) is 20.3 Å². The second kappa shape index (κ2) is 7.19. The summed E-state index contributed by atoms with van der Waals surface area (Å²) in [6.45, 7) is 1.40. The number of methoxy groups -OCH3 is 1. The summed E-state index contributed by atoms with van der Waals surface area (Å²) < 4.78 is 4.44. The van der Waals surface area contributed by atoms with Gasteiger partial charge in [-0.3, -0.25) is 9.59 Å². The molecular weight excluding hydrogens is 246 g/mol. The molecule has 5 nitrogen and oxygen atoms in total. The molecule has 0 saturated carbocycles. The number of aryl methyl sites for hydroxylation is 1. The molecule has 0 aliphatic rings. The highest BCUT2D eigenvalue weighted by Gasteiger charge is 2.11. The SMILES string of the molecule is COC(=O)CNC(=O)c1ccc(C)cc1C#CCO. The number of hydrogen-bond acceptors (Lipinski definition) is 4. The highest BCUT2D eigenvalue weighted by molar-refractivity contribution is 5.98. The van der Waals surface area contributed by atoms with E-state index in [0.29, 0.717) is 11.1 Å². The Kier molecular flexibility index (Phi) is 5.58. The first-order chi connectivity index (χ1) is 9.08. The Balaban J connectivity index is 2.92. The molecule has 0 radical (unpaired) electrons. The van der Waals surface area contributed by atoms with Gasteiger partial charge in [0.05, 0.1) is 12.7 Å². The highest BCUT2D eigenvalue weighted by atomic mass is 16.5. The number of carbonyl (C=O) groups excluding carboxylic acids is 2. The van der Waals surface area contributed by atoms with E-state index in [4.69, 9.17) is 5.11 Å². The van der Waals surface area contributed by atoms with E-state index in [-0.39, 0.29) is 13.2 Å². The molecular formula is C14H15NO4. The van der Waals surface area contributed by atoms with Crippen LogP contribution in [-0.2, 0) is 9.53 Å². The normalized spacial score (nSPS) is 9.21. The topological polar surface area (TPSA) is 75.6 Å². The minimum atomic E-state index is -0.525. The van der Waals surface area contributed by atoms with Crippen molar-refractivity contribution in [1.82, 2.24) is 5.32 Å². The van der Waals surface area contributed by atoms with Crippen LogP contribution in [0.25, 0.3) is 0 Å². The zero-order valence-corrected chi connectivity index (χ0v) is 10.8. The molecule has 2 N–H and O–H groups in total. The van der Waals surface area contributed by atoms with Crippen LogP contribution in [0.1, 0.15) is 21.5 Å². The van der Waals surface area contributed by atoms with Crippen LogP contribution in [0.5, 0.6) is 0 Å². The van der Waals surface area contributed by atoms with E-state index < -0.39 is 11.9 Å². The molecule has 0 bridgehead atoms. The van der Waals surface area contributed by atoms with Gasteiger partial charge in [-0.1, -0.05) is 17.9 Å². The maximum Gasteiger partial charge on any atom is 0.325 e. The van der Waals surface area contributed by atoms with Crippen molar-refractivity contribution in [2.24, 2.45) is 0 Å². The van der Waals surface area contributed by atoms with Crippen molar-refractivity contribution in [1.29, 1.82) is 0 Å². The summed E-state index contributed by atoms with van der Waals surface area (Å²) >= 11 is 0. The molecule has 0 spiro atoms. The molecule has 100 valence electrons. The molecule has 0 saturated heterocycles. The Labute approximate surface area is 111 Å². The van der Waals surface area contributed by atoms with E-state index in [1.807, 2.05) is 6.92 Å². The summed E-state index contributed by atoms with van der Waals surface area (Å²) in [5, 5.41) is 11.1. The first kappa shape index (κ1) is 14.7. The summed E-state index contributed by atoms with van der Waals surface area (Å²) in [5.74, 6) is 4.27. The standard InChI is InChI=1S/C14H15NO4/c1-10-5-6-12(11(8-10)4-3-7-16)14(18)15-9-13(17)19-2/h5-6,8,16H,7,9H2,1-2H3,(H,15,18). The van der Waals surface area contributed by atoms with Crippen LogP contribution in [-0.4, -0.2) is 37.2 Å². The predicted octanol–water partition coefficient (Wildman–Crippen LogP) is 0.242. The number of esters is 1. The molecule has 0 fully saturated rings. The van der Waals surface area contributed by atoms with Crippen LogP contribution in [0.15, 0.2) is 18.2 Å². The molecule has 0 aromatic heterocycles. The summed E-state index contributed by atoms with van der Waals surface area (Å²) in [6.07, 6.45) is 0. The second-order valence-electron chi connectivity index (χ2n) is 3.77. The van der Waals surface area contributed by atoms with E-state index in [9.17, 15) is 9.59 Å². The van der Waals surface area contributed by atoms with Gasteiger partial charge in [0.2, 0.25) is 0 Å². The average Bonchev–Trinajstić information content (AvgIpc) is 2.42. The van der Waals surface area contributed by atoms with Gasteiger partial charge < -0.3 is 15.2 Å². The minimum absolute atomic E-state index is 0.198. The molecule has 1 aromatic carbocycles. The average molecular weight is 261 g/mol. The molecule has 0 aliphatic heterocycles. The molecule has 0 aliphatic carbocycles. The van der Waals surface area contributed by atoms with Crippen LogP contribution in [0, 0.1) is 18.8 Å². The number of carbonyl (C=O) groups is 2. The number of rotatable bonds is 3. The van der Waals surface area contributed by atoms with Gasteiger partial charge in [0.15, 0.2) is 0 Å². The fourth-order valence-corrected chi connectivity index (χ4v) is 1.41. The number of aliphatic hydroxyl groups is 1. The number of hydrogen-bond donors (Lipinski definition) is 2. The van der Waals surface area contributed by atoms with E-state index in [0.717, 1.165) is 5.56 Å². The maximum atomic E-state index is 11.9. The Morgan fingerprint density at radius 2 is 2.16 bits per heavy atom. The molecule has 1 aromatic rings. The van der Waals surface area contributed by atoms with Crippen molar-refractivity contribution in [3.05, 3.63) is 34.9 Å². The van der Waals surface area contributed by atoms with Gasteiger partial charge in [-0.15, -0.1) is 0 Å². The largest absolute Gasteiger partial charge is 0.468 e. The molecule has 19 heavy (non-hydrogen) atoms. The van der Waals surface area contributed by atoms with Crippen LogP contribution in [0.2, 0.25) is 0 Å². The lowest BCUT2D eigenvalue weighted by Gasteiger charge is -2.07. The summed E-state index contributed by atoms with van der Waals surface area (Å²) in [5.41, 5.74) is 1.82. The lowest BCUT2D eigenvalue weighted by molar-refractivity contribution is -0.139. The smallest absolute Gasteiger partial charge is 0.325 e. The summed E-state index contributed by atoms with van der Waals surface area (Å²) in [4.78, 5) is 22.9. The molecule has 0 heterocycles. The van der Waals surface area contributed by atoms with Gasteiger partial charge in [0, 0.05) is 5.56 Å². The lowest BCUT2D eigenvalue weighted by Crippen LogP contribution is -2.30. The van der Waals surface area contributed by atoms with E-state index in [1.165, 1.54) is 7.11 Å². The quantitative estimate of drug-likeness (QED) is 0.604. The van der Waals surface area contributed by atoms with Crippen molar-refractivity contribution >= 4 is 11.9 Å².